The second-order valence-electron chi connectivity index (χ2n) is 5.63. The smallest absolute Gasteiger partial charge is 0.232 e. The number of para-hydroxylation sites is 1. The number of benzene rings is 2. The molecule has 5 heteroatoms. The first-order chi connectivity index (χ1) is 12.1. The third-order valence-electron chi connectivity index (χ3n) is 3.91. The molecule has 1 unspecified atom stereocenters. The predicted molar refractivity (Wildman–Crippen MR) is 102 cm³/mol. The molecule has 0 radical (unpaired) electrons. The van der Waals surface area contributed by atoms with Crippen molar-refractivity contribution in [3.8, 4) is 0 Å². The number of nitrogens with zero attached hydrogens (tertiary/aromatic N) is 1. The average molecular weight is 371 g/mol. The summed E-state index contributed by atoms with van der Waals surface area (Å²) in [7, 11) is 0. The monoisotopic (exact) mass is 370 g/mol. The number of rotatable bonds is 5. The van der Waals surface area contributed by atoms with Gasteiger partial charge in [0.05, 0.1) is 16.6 Å². The number of amides is 1. The average Bonchev–Trinajstić information content (AvgIpc) is 2.63. The molecule has 0 saturated carbocycles. The maximum Gasteiger partial charge on any atom is 0.232 e. The fourth-order valence-electron chi connectivity index (χ4n) is 2.59. The van der Waals surface area contributed by atoms with Crippen LogP contribution in [0, 0.1) is 0 Å². The highest BCUT2D eigenvalue weighted by atomic mass is 35.5. The van der Waals surface area contributed by atoms with E-state index in [4.69, 9.17) is 23.2 Å². The first kappa shape index (κ1) is 17.5. The summed E-state index contributed by atoms with van der Waals surface area (Å²) in [5, 5.41) is 4.07. The summed E-state index contributed by atoms with van der Waals surface area (Å²) >= 11 is 12.1. The molecule has 1 N–H and O–H groups in total. The van der Waals surface area contributed by atoms with E-state index in [1.54, 1.807) is 36.7 Å². The Morgan fingerprint density at radius 3 is 2.32 bits per heavy atom. The van der Waals surface area contributed by atoms with E-state index in [-0.39, 0.29) is 11.8 Å². The Morgan fingerprint density at radius 1 is 0.960 bits per heavy atom. The minimum absolute atomic E-state index is 0.118. The normalized spacial score (nSPS) is 11.8. The van der Waals surface area contributed by atoms with Gasteiger partial charge in [-0.3, -0.25) is 9.78 Å². The maximum atomic E-state index is 12.9. The summed E-state index contributed by atoms with van der Waals surface area (Å²) in [6, 6.07) is 18.3. The summed E-state index contributed by atoms with van der Waals surface area (Å²) in [4.78, 5) is 17.0. The van der Waals surface area contributed by atoms with Crippen LogP contribution in [0.25, 0.3) is 0 Å². The molecule has 0 aliphatic heterocycles. The van der Waals surface area contributed by atoms with E-state index in [0.29, 0.717) is 22.2 Å². The van der Waals surface area contributed by atoms with Gasteiger partial charge >= 0.3 is 0 Å². The molecule has 1 heterocycles. The zero-order chi connectivity index (χ0) is 17.6. The number of pyridine rings is 1. The number of halogens is 2. The predicted octanol–water partition coefficient (Wildman–Crippen LogP) is 5.35. The topological polar surface area (TPSA) is 42.0 Å². The lowest BCUT2D eigenvalue weighted by Crippen LogP contribution is -2.23. The fraction of sp³-hybridized carbons (Fsp3) is 0.100. The third kappa shape index (κ3) is 4.59. The highest BCUT2D eigenvalue weighted by Crippen LogP contribution is 2.27. The molecule has 3 aromatic rings. The lowest BCUT2D eigenvalue weighted by Gasteiger charge is -2.18. The van der Waals surface area contributed by atoms with Gasteiger partial charge in [0.15, 0.2) is 0 Å². The van der Waals surface area contributed by atoms with Crippen LogP contribution in [0.3, 0.4) is 0 Å². The van der Waals surface area contributed by atoms with Crippen molar-refractivity contribution in [3.05, 3.63) is 94.2 Å². The van der Waals surface area contributed by atoms with Crippen LogP contribution in [0.5, 0.6) is 0 Å². The van der Waals surface area contributed by atoms with Gasteiger partial charge in [-0.15, -0.1) is 0 Å². The van der Waals surface area contributed by atoms with E-state index in [1.807, 2.05) is 36.4 Å². The second-order valence-corrected chi connectivity index (χ2v) is 6.48. The molecule has 0 bridgehead atoms. The molecular weight excluding hydrogens is 355 g/mol. The van der Waals surface area contributed by atoms with Gasteiger partial charge in [0.2, 0.25) is 5.91 Å². The van der Waals surface area contributed by atoms with Gasteiger partial charge in [-0.2, -0.15) is 0 Å². The fourth-order valence-corrected chi connectivity index (χ4v) is 2.90. The lowest BCUT2D eigenvalue weighted by molar-refractivity contribution is -0.117. The molecule has 126 valence electrons. The van der Waals surface area contributed by atoms with Crippen molar-refractivity contribution in [1.29, 1.82) is 0 Å². The number of nitrogens with one attached hydrogen (secondary N) is 1. The highest BCUT2D eigenvalue weighted by Gasteiger charge is 2.22. The van der Waals surface area contributed by atoms with Crippen molar-refractivity contribution in [2.75, 3.05) is 5.32 Å². The van der Waals surface area contributed by atoms with Crippen molar-refractivity contribution in [1.82, 2.24) is 4.98 Å². The van der Waals surface area contributed by atoms with Gasteiger partial charge in [-0.1, -0.05) is 47.5 Å². The third-order valence-corrected chi connectivity index (χ3v) is 4.49. The van der Waals surface area contributed by atoms with Crippen LogP contribution in [-0.2, 0) is 11.2 Å². The van der Waals surface area contributed by atoms with E-state index in [2.05, 4.69) is 10.3 Å². The molecule has 0 aliphatic carbocycles. The minimum atomic E-state index is -0.365. The number of hydrogen-bond donors (Lipinski definition) is 1. The van der Waals surface area contributed by atoms with Gasteiger partial charge in [0, 0.05) is 17.4 Å². The first-order valence-corrected chi connectivity index (χ1v) is 8.59. The molecule has 0 saturated heterocycles. The van der Waals surface area contributed by atoms with Crippen LogP contribution < -0.4 is 5.32 Å². The van der Waals surface area contributed by atoms with Crippen LogP contribution in [-0.4, -0.2) is 10.9 Å². The number of carbonyl (C=O) groups excluding carboxylic acids is 1. The summed E-state index contributed by atoms with van der Waals surface area (Å²) in [6.07, 6.45) is 4.00. The SMILES string of the molecule is O=C(Nc1ccccc1Cl)C(Cc1ccncc1)c1ccc(Cl)cc1. The van der Waals surface area contributed by atoms with Crippen molar-refractivity contribution < 1.29 is 4.79 Å². The van der Waals surface area contributed by atoms with Gasteiger partial charge < -0.3 is 5.32 Å². The minimum Gasteiger partial charge on any atom is -0.324 e. The summed E-state index contributed by atoms with van der Waals surface area (Å²) in [5.41, 5.74) is 2.53. The molecule has 25 heavy (non-hydrogen) atoms. The summed E-state index contributed by atoms with van der Waals surface area (Å²) in [5.74, 6) is -0.483. The Labute approximate surface area is 156 Å². The van der Waals surface area contributed by atoms with Crippen LogP contribution in [0.4, 0.5) is 5.69 Å². The molecule has 0 fully saturated rings. The number of hydrogen-bond acceptors (Lipinski definition) is 2. The molecule has 1 atom stereocenters. The van der Waals surface area contributed by atoms with Crippen LogP contribution >= 0.6 is 23.2 Å². The van der Waals surface area contributed by atoms with E-state index in [9.17, 15) is 4.79 Å². The van der Waals surface area contributed by atoms with E-state index < -0.39 is 0 Å². The van der Waals surface area contributed by atoms with Crippen molar-refractivity contribution in [2.24, 2.45) is 0 Å². The van der Waals surface area contributed by atoms with Crippen LogP contribution in [0.1, 0.15) is 17.0 Å². The summed E-state index contributed by atoms with van der Waals surface area (Å²) < 4.78 is 0. The Morgan fingerprint density at radius 2 is 1.64 bits per heavy atom. The largest absolute Gasteiger partial charge is 0.324 e. The van der Waals surface area contributed by atoms with E-state index >= 15 is 0 Å². The number of anilines is 1. The zero-order valence-corrected chi connectivity index (χ0v) is 14.8. The van der Waals surface area contributed by atoms with Gasteiger partial charge in [-0.25, -0.2) is 0 Å². The van der Waals surface area contributed by atoms with E-state index in [0.717, 1.165) is 11.1 Å². The van der Waals surface area contributed by atoms with Crippen molar-refractivity contribution in [3.63, 3.8) is 0 Å². The van der Waals surface area contributed by atoms with E-state index in [1.165, 1.54) is 0 Å². The van der Waals surface area contributed by atoms with Crippen LogP contribution in [0.15, 0.2) is 73.1 Å². The molecule has 3 rings (SSSR count). The lowest BCUT2D eigenvalue weighted by atomic mass is 9.91. The molecule has 2 aromatic carbocycles. The Kier molecular flexibility index (Phi) is 5.69. The van der Waals surface area contributed by atoms with Gasteiger partial charge in [0.1, 0.15) is 0 Å². The molecule has 3 nitrogen and oxygen atoms in total. The molecule has 1 amide bonds. The zero-order valence-electron chi connectivity index (χ0n) is 13.3. The molecule has 0 aliphatic rings. The second kappa shape index (κ2) is 8.15. The Balaban J connectivity index is 1.88. The molecule has 1 aromatic heterocycles. The van der Waals surface area contributed by atoms with Crippen LogP contribution in [0.2, 0.25) is 10.0 Å². The van der Waals surface area contributed by atoms with Gasteiger partial charge in [0.25, 0.3) is 0 Å². The quantitative estimate of drug-likeness (QED) is 0.657. The number of aromatic nitrogens is 1. The maximum absolute atomic E-state index is 12.9. The summed E-state index contributed by atoms with van der Waals surface area (Å²) in [6.45, 7) is 0. The Bertz CT molecular complexity index is 851. The van der Waals surface area contributed by atoms with Crippen molar-refractivity contribution >= 4 is 34.8 Å². The first-order valence-electron chi connectivity index (χ1n) is 7.83. The standard InChI is InChI=1S/C20H16Cl2N2O/c21-16-7-5-15(6-8-16)17(13-14-9-11-23-12-10-14)20(25)24-19-4-2-1-3-18(19)22/h1-12,17H,13H2,(H,24,25). The molecular formula is C20H16Cl2N2O. The van der Waals surface area contributed by atoms with Gasteiger partial charge in [-0.05, 0) is 53.9 Å². The Hall–Kier alpha value is -2.36. The highest BCUT2D eigenvalue weighted by molar-refractivity contribution is 6.33. The number of carbonyl (C=O) groups is 1. The van der Waals surface area contributed by atoms with Crippen molar-refractivity contribution in [2.45, 2.75) is 12.3 Å². The molecule has 0 spiro atoms.